The van der Waals surface area contributed by atoms with Crippen molar-refractivity contribution in [2.75, 3.05) is 13.2 Å². The Labute approximate surface area is 294 Å². The molecule has 1 fully saturated rings. The Morgan fingerprint density at radius 1 is 0.837 bits per heavy atom. The lowest BCUT2D eigenvalue weighted by atomic mass is 9.88. The molecule has 0 heterocycles. The van der Waals surface area contributed by atoms with Crippen molar-refractivity contribution in [3.63, 3.8) is 0 Å². The molecular weight excluding hydrogens is 651 g/mol. The van der Waals surface area contributed by atoms with Crippen molar-refractivity contribution in [3.05, 3.63) is 24.3 Å². The Morgan fingerprint density at radius 3 is 2.12 bits per heavy atom. The van der Waals surface area contributed by atoms with Gasteiger partial charge in [0.05, 0.1) is 18.8 Å². The summed E-state index contributed by atoms with van der Waals surface area (Å²) in [4.78, 5) is 55.3. The first-order chi connectivity index (χ1) is 23.5. The molecule has 0 unspecified atom stereocenters. The molecule has 49 heavy (non-hydrogen) atoms. The van der Waals surface area contributed by atoms with Crippen LogP contribution in [0.5, 0.6) is 0 Å². The molecule has 0 spiro atoms. The summed E-state index contributed by atoms with van der Waals surface area (Å²) in [6.45, 7) is 3.31. The number of phosphoric ester groups is 1. The van der Waals surface area contributed by atoms with E-state index in [9.17, 15) is 29.2 Å². The second-order valence-corrected chi connectivity index (χ2v) is 14.6. The number of esters is 2. The number of carbonyl (C=O) groups is 3. The Bertz CT molecular complexity index is 1010. The van der Waals surface area contributed by atoms with Crippen LogP contribution in [0.1, 0.15) is 149 Å². The summed E-state index contributed by atoms with van der Waals surface area (Å²) >= 11 is 0. The normalized spacial score (nSPS) is 19.6. The molecule has 0 bridgehead atoms. The number of hydrogen-bond donors (Lipinski definition) is 4. The first-order valence-corrected chi connectivity index (χ1v) is 20.3. The van der Waals surface area contributed by atoms with E-state index in [1.54, 1.807) is 12.2 Å². The number of unbranched alkanes of at least 4 members (excludes halogenated alkanes) is 12. The van der Waals surface area contributed by atoms with E-state index in [2.05, 4.69) is 30.5 Å². The van der Waals surface area contributed by atoms with E-state index in [1.807, 2.05) is 0 Å². The van der Waals surface area contributed by atoms with Gasteiger partial charge in [0.25, 0.3) is 0 Å². The van der Waals surface area contributed by atoms with Gasteiger partial charge in [-0.3, -0.25) is 18.9 Å². The van der Waals surface area contributed by atoms with Crippen molar-refractivity contribution in [3.8, 4) is 0 Å². The van der Waals surface area contributed by atoms with Crippen molar-refractivity contribution in [1.82, 2.24) is 0 Å². The molecule has 0 aliphatic heterocycles. The van der Waals surface area contributed by atoms with Crippen LogP contribution >= 0.6 is 7.82 Å². The van der Waals surface area contributed by atoms with E-state index in [-0.39, 0.29) is 43.5 Å². The zero-order valence-corrected chi connectivity index (χ0v) is 30.9. The number of Topliss-reactive ketones (excluding diaryl/α,β-unsaturated/α-hetero) is 1. The third-order valence-corrected chi connectivity index (χ3v) is 9.34. The summed E-state index contributed by atoms with van der Waals surface area (Å²) in [5.41, 5.74) is 0. The van der Waals surface area contributed by atoms with Gasteiger partial charge in [-0.15, -0.1) is 0 Å². The molecule has 1 aliphatic carbocycles. The van der Waals surface area contributed by atoms with Gasteiger partial charge in [0, 0.05) is 25.2 Å². The van der Waals surface area contributed by atoms with Gasteiger partial charge in [-0.25, -0.2) is 4.57 Å². The summed E-state index contributed by atoms with van der Waals surface area (Å²) < 4.78 is 26.2. The average molecular weight is 717 g/mol. The maximum Gasteiger partial charge on any atom is 0.469 e. The van der Waals surface area contributed by atoms with Gasteiger partial charge in [-0.1, -0.05) is 109 Å². The van der Waals surface area contributed by atoms with Gasteiger partial charge in [0.15, 0.2) is 6.10 Å². The zero-order chi connectivity index (χ0) is 36.3. The van der Waals surface area contributed by atoms with Crippen molar-refractivity contribution in [2.24, 2.45) is 11.8 Å². The summed E-state index contributed by atoms with van der Waals surface area (Å²) in [5.74, 6) is -1.63. The molecule has 1 aliphatic rings. The van der Waals surface area contributed by atoms with Crippen LogP contribution in [0.25, 0.3) is 0 Å². The fraction of sp³-hybridized carbons (Fsp3) is 0.811. The molecule has 0 saturated heterocycles. The molecule has 5 atom stereocenters. The molecule has 12 heteroatoms. The Balaban J connectivity index is 2.32. The number of carbonyl (C=O) groups excluding carboxylic acids is 3. The third kappa shape index (κ3) is 24.0. The molecule has 4 N–H and O–H groups in total. The molecular formula is C37H65O11P. The van der Waals surface area contributed by atoms with Crippen molar-refractivity contribution < 1.29 is 52.9 Å². The van der Waals surface area contributed by atoms with Crippen LogP contribution in [0.3, 0.4) is 0 Å². The predicted molar refractivity (Wildman–Crippen MR) is 189 cm³/mol. The molecule has 0 aromatic heterocycles. The quantitative estimate of drug-likeness (QED) is 0.0252. The number of allylic oxidation sites excluding steroid dienone is 3. The SMILES string of the molecule is CCCC/C=C\CCCCCCCC(=O)O[C@H](COC(=O)CCCCCC[C@H]1[C@@H](O)CC(=O)[C@@H]1/C=C/[C@@H](O)CCCCC)COP(=O)(O)O. The summed E-state index contributed by atoms with van der Waals surface area (Å²) in [7, 11) is -4.81. The molecule has 0 radical (unpaired) electrons. The molecule has 0 aromatic carbocycles. The third-order valence-electron chi connectivity index (χ3n) is 8.85. The molecule has 0 aromatic rings. The largest absolute Gasteiger partial charge is 0.469 e. The molecule has 1 saturated carbocycles. The summed E-state index contributed by atoms with van der Waals surface area (Å²) in [6.07, 6.45) is 22.5. The van der Waals surface area contributed by atoms with Gasteiger partial charge < -0.3 is 29.5 Å². The van der Waals surface area contributed by atoms with Gasteiger partial charge in [0.2, 0.25) is 0 Å². The van der Waals surface area contributed by atoms with Crippen LogP contribution in [-0.2, 0) is 32.9 Å². The van der Waals surface area contributed by atoms with Crippen LogP contribution in [0.15, 0.2) is 24.3 Å². The van der Waals surface area contributed by atoms with E-state index < -0.39 is 44.7 Å². The minimum Gasteiger partial charge on any atom is -0.462 e. The Hall–Kier alpha value is -1.88. The standard InChI is InChI=1S/C37H65O11P/c1-3-5-7-8-9-10-11-12-13-14-20-24-37(42)48-31(29-47-49(43,44)45)28-46-36(41)23-19-16-15-18-22-32-33(35(40)27-34(32)39)26-25-30(38)21-17-6-4-2/h8-9,25-26,30-34,38-39H,3-7,10-24,27-29H2,1-2H3,(H2,43,44,45)/b9-8-,26-25+/t30-,31+,32+,33+,34-/m0/s1. The predicted octanol–water partition coefficient (Wildman–Crippen LogP) is 7.43. The number of hydrogen-bond acceptors (Lipinski definition) is 9. The highest BCUT2D eigenvalue weighted by atomic mass is 31.2. The lowest BCUT2D eigenvalue weighted by Gasteiger charge is -2.19. The van der Waals surface area contributed by atoms with Crippen LogP contribution in [0, 0.1) is 11.8 Å². The molecule has 284 valence electrons. The highest BCUT2D eigenvalue weighted by molar-refractivity contribution is 7.46. The first kappa shape index (κ1) is 45.1. The van der Waals surface area contributed by atoms with Crippen molar-refractivity contribution >= 4 is 25.5 Å². The lowest BCUT2D eigenvalue weighted by Crippen LogP contribution is -2.29. The van der Waals surface area contributed by atoms with Crippen LogP contribution in [-0.4, -0.2) is 69.2 Å². The van der Waals surface area contributed by atoms with Crippen LogP contribution < -0.4 is 0 Å². The number of ketones is 1. The smallest absolute Gasteiger partial charge is 0.462 e. The second kappa shape index (κ2) is 27.8. The van der Waals surface area contributed by atoms with Crippen LogP contribution in [0.4, 0.5) is 0 Å². The fourth-order valence-corrected chi connectivity index (χ4v) is 6.32. The minimum atomic E-state index is -4.81. The number of phosphoric acid groups is 1. The maximum absolute atomic E-state index is 12.4. The molecule has 1 rings (SSSR count). The van der Waals surface area contributed by atoms with Gasteiger partial charge >= 0.3 is 19.8 Å². The zero-order valence-electron chi connectivity index (χ0n) is 30.1. The lowest BCUT2D eigenvalue weighted by molar-refractivity contribution is -0.161. The van der Waals surface area contributed by atoms with Crippen LogP contribution in [0.2, 0.25) is 0 Å². The Morgan fingerprint density at radius 2 is 1.45 bits per heavy atom. The summed E-state index contributed by atoms with van der Waals surface area (Å²) in [5, 5.41) is 20.6. The molecule has 11 nitrogen and oxygen atoms in total. The van der Waals surface area contributed by atoms with Crippen molar-refractivity contribution in [1.29, 1.82) is 0 Å². The van der Waals surface area contributed by atoms with Gasteiger partial charge in [0.1, 0.15) is 12.4 Å². The number of aliphatic hydroxyl groups excluding tert-OH is 2. The first-order valence-electron chi connectivity index (χ1n) is 18.7. The number of rotatable bonds is 30. The number of ether oxygens (including phenoxy) is 2. The highest BCUT2D eigenvalue weighted by Gasteiger charge is 2.39. The summed E-state index contributed by atoms with van der Waals surface area (Å²) in [6, 6.07) is 0. The highest BCUT2D eigenvalue weighted by Crippen LogP contribution is 2.36. The van der Waals surface area contributed by atoms with Gasteiger partial charge in [-0.2, -0.15) is 0 Å². The van der Waals surface area contributed by atoms with Crippen molar-refractivity contribution in [2.45, 2.75) is 167 Å². The van der Waals surface area contributed by atoms with Gasteiger partial charge in [-0.05, 0) is 50.9 Å². The van der Waals surface area contributed by atoms with E-state index in [0.29, 0.717) is 25.7 Å². The topological polar surface area (TPSA) is 177 Å². The van der Waals surface area contributed by atoms with E-state index in [1.165, 1.54) is 12.8 Å². The van der Waals surface area contributed by atoms with E-state index in [0.717, 1.165) is 77.0 Å². The van der Waals surface area contributed by atoms with E-state index in [4.69, 9.17) is 19.3 Å². The Kier molecular flexibility index (Phi) is 25.6. The minimum absolute atomic E-state index is 0.000410. The fourth-order valence-electron chi connectivity index (χ4n) is 5.96. The van der Waals surface area contributed by atoms with E-state index >= 15 is 0 Å². The monoisotopic (exact) mass is 716 g/mol. The average Bonchev–Trinajstić information content (AvgIpc) is 3.32. The number of aliphatic hydroxyl groups is 2. The second-order valence-electron chi connectivity index (χ2n) is 13.3. The molecule has 0 amide bonds. The maximum atomic E-state index is 12.4.